The molecule has 3 N–H and O–H groups in total. The topological polar surface area (TPSA) is 73.1 Å². The van der Waals surface area contributed by atoms with E-state index in [0.29, 0.717) is 5.75 Å². The van der Waals surface area contributed by atoms with E-state index >= 15 is 0 Å². The van der Waals surface area contributed by atoms with Crippen molar-refractivity contribution in [2.75, 3.05) is 45.0 Å². The van der Waals surface area contributed by atoms with Crippen LogP contribution in [0.5, 0.6) is 0 Å². The van der Waals surface area contributed by atoms with E-state index in [1.54, 1.807) is 11.8 Å². The third kappa shape index (κ3) is 6.16. The normalized spacial score (nSPS) is 16.2. The summed E-state index contributed by atoms with van der Waals surface area (Å²) < 4.78 is 0. The molecule has 1 aliphatic heterocycles. The second-order valence-electron chi connectivity index (χ2n) is 6.39. The van der Waals surface area contributed by atoms with Gasteiger partial charge >= 0.3 is 0 Å². The van der Waals surface area contributed by atoms with Crippen molar-refractivity contribution < 1.29 is 4.79 Å². The number of amides is 1. The van der Waals surface area contributed by atoms with Crippen molar-refractivity contribution in [1.29, 1.82) is 0 Å². The van der Waals surface area contributed by atoms with E-state index in [0.717, 1.165) is 62.5 Å². The van der Waals surface area contributed by atoms with Crippen molar-refractivity contribution in [3.8, 4) is 0 Å². The molecule has 0 radical (unpaired) electrons. The van der Waals surface area contributed by atoms with Crippen molar-refractivity contribution >= 4 is 41.1 Å². The van der Waals surface area contributed by atoms with Gasteiger partial charge in [-0.3, -0.25) is 4.79 Å². The molecule has 0 bridgehead atoms. The number of imidazole rings is 1. The third-order valence-electron chi connectivity index (χ3n) is 4.44. The Kier molecular flexibility index (Phi) is 8.71. The predicted octanol–water partition coefficient (Wildman–Crippen LogP) is 2.19. The second kappa shape index (κ2) is 10.8. The molecule has 144 valence electrons. The van der Waals surface area contributed by atoms with Crippen molar-refractivity contribution in [2.24, 2.45) is 0 Å². The van der Waals surface area contributed by atoms with Gasteiger partial charge in [0.05, 0.1) is 22.0 Å². The minimum absolute atomic E-state index is 0. The lowest BCUT2D eigenvalue weighted by Gasteiger charge is -2.27. The number of halogens is 1. The third-order valence-corrected chi connectivity index (χ3v) is 5.59. The number of aromatic amines is 1. The Labute approximate surface area is 165 Å². The Bertz CT molecular complexity index is 656. The molecule has 1 fully saturated rings. The highest BCUT2D eigenvalue weighted by Crippen LogP contribution is 2.27. The maximum Gasteiger partial charge on any atom is 0.230 e. The summed E-state index contributed by atoms with van der Waals surface area (Å²) in [6, 6.07) is 8.00. The van der Waals surface area contributed by atoms with Crippen LogP contribution in [-0.2, 0) is 4.79 Å². The molecule has 1 amide bonds. The lowest BCUT2D eigenvalue weighted by molar-refractivity contribution is -0.118. The maximum absolute atomic E-state index is 12.0. The van der Waals surface area contributed by atoms with Gasteiger partial charge in [-0.1, -0.05) is 12.1 Å². The Morgan fingerprint density at radius 3 is 2.88 bits per heavy atom. The Morgan fingerprint density at radius 1 is 1.35 bits per heavy atom. The van der Waals surface area contributed by atoms with Crippen LogP contribution in [0.25, 0.3) is 11.0 Å². The monoisotopic (exact) mass is 397 g/mol. The smallest absolute Gasteiger partial charge is 0.230 e. The van der Waals surface area contributed by atoms with Gasteiger partial charge in [-0.15, -0.1) is 24.2 Å². The van der Waals surface area contributed by atoms with Gasteiger partial charge in [0.1, 0.15) is 5.82 Å². The van der Waals surface area contributed by atoms with Crippen molar-refractivity contribution in [2.45, 2.75) is 18.6 Å². The number of hydrogen-bond donors (Lipinski definition) is 3. The summed E-state index contributed by atoms with van der Waals surface area (Å²) in [6.45, 7) is 8.26. The largest absolute Gasteiger partial charge is 0.355 e. The van der Waals surface area contributed by atoms with Gasteiger partial charge in [0.25, 0.3) is 0 Å². The molecule has 1 aliphatic rings. The number of hydrogen-bond acceptors (Lipinski definition) is 5. The number of piperazine rings is 1. The molecule has 0 aliphatic carbocycles. The van der Waals surface area contributed by atoms with Crippen LogP contribution in [0.3, 0.4) is 0 Å². The first-order valence-electron chi connectivity index (χ1n) is 8.98. The fourth-order valence-corrected chi connectivity index (χ4v) is 3.73. The summed E-state index contributed by atoms with van der Waals surface area (Å²) in [5, 5.41) is 6.54. The maximum atomic E-state index is 12.0. The zero-order valence-electron chi connectivity index (χ0n) is 15.2. The molecule has 3 rings (SSSR count). The number of H-pyrrole nitrogens is 1. The molecular formula is C18H28ClN5OS. The molecule has 0 spiro atoms. The van der Waals surface area contributed by atoms with Gasteiger partial charge in [0.2, 0.25) is 5.91 Å². The van der Waals surface area contributed by atoms with Crippen LogP contribution in [0.1, 0.15) is 24.4 Å². The molecular weight excluding hydrogens is 370 g/mol. The van der Waals surface area contributed by atoms with Crippen molar-refractivity contribution in [3.05, 3.63) is 30.1 Å². The van der Waals surface area contributed by atoms with E-state index in [9.17, 15) is 4.79 Å². The van der Waals surface area contributed by atoms with Crippen LogP contribution in [0, 0.1) is 0 Å². The Hall–Kier alpha value is -1.28. The van der Waals surface area contributed by atoms with Gasteiger partial charge in [-0.25, -0.2) is 4.98 Å². The number of rotatable bonds is 8. The number of nitrogens with one attached hydrogen (secondary N) is 3. The van der Waals surface area contributed by atoms with Gasteiger partial charge in [0.15, 0.2) is 0 Å². The summed E-state index contributed by atoms with van der Waals surface area (Å²) in [5.74, 6) is 1.50. The molecule has 2 aromatic rings. The highest BCUT2D eigenvalue weighted by atomic mass is 35.5. The number of aromatic nitrogens is 2. The lowest BCUT2D eigenvalue weighted by Crippen LogP contribution is -2.44. The van der Waals surface area contributed by atoms with Gasteiger partial charge in [-0.2, -0.15) is 0 Å². The second-order valence-corrected chi connectivity index (χ2v) is 7.72. The van der Waals surface area contributed by atoms with E-state index in [1.165, 1.54) is 0 Å². The standard InChI is InChI=1S/C18H27N5OS.ClH/c1-14(18-21-15-5-2-3-6-16(15)22-18)25-13-17(24)20-7-4-10-23-11-8-19-9-12-23;/h2-3,5-6,14,19H,4,7-13H2,1H3,(H,20,24)(H,21,22);1H. The van der Waals surface area contributed by atoms with Crippen LogP contribution in [-0.4, -0.2) is 65.8 Å². The predicted molar refractivity (Wildman–Crippen MR) is 111 cm³/mol. The van der Waals surface area contributed by atoms with Gasteiger partial charge in [0, 0.05) is 32.7 Å². The van der Waals surface area contributed by atoms with E-state index in [1.807, 2.05) is 24.3 Å². The number of thioether (sulfide) groups is 1. The number of benzene rings is 1. The zero-order chi connectivity index (χ0) is 17.5. The molecule has 1 aromatic carbocycles. The quantitative estimate of drug-likeness (QED) is 0.595. The zero-order valence-corrected chi connectivity index (χ0v) is 16.8. The molecule has 8 heteroatoms. The first-order valence-corrected chi connectivity index (χ1v) is 10.0. The summed E-state index contributed by atoms with van der Waals surface area (Å²) >= 11 is 1.61. The number of fused-ring (bicyclic) bond motifs is 1. The average molecular weight is 398 g/mol. The average Bonchev–Trinajstić information content (AvgIpc) is 3.08. The molecule has 1 atom stereocenters. The summed E-state index contributed by atoms with van der Waals surface area (Å²) in [5.41, 5.74) is 2.02. The van der Waals surface area contributed by atoms with Crippen LogP contribution >= 0.6 is 24.2 Å². The molecule has 26 heavy (non-hydrogen) atoms. The molecule has 2 heterocycles. The number of carbonyl (C=O) groups is 1. The number of para-hydroxylation sites is 2. The summed E-state index contributed by atoms with van der Waals surface area (Å²) in [6.07, 6.45) is 1.01. The van der Waals surface area contributed by atoms with E-state index < -0.39 is 0 Å². The van der Waals surface area contributed by atoms with Crippen LogP contribution < -0.4 is 10.6 Å². The minimum Gasteiger partial charge on any atom is -0.355 e. The summed E-state index contributed by atoms with van der Waals surface area (Å²) in [7, 11) is 0. The van der Waals surface area contributed by atoms with E-state index in [4.69, 9.17) is 0 Å². The van der Waals surface area contributed by atoms with Crippen LogP contribution in [0.15, 0.2) is 24.3 Å². The van der Waals surface area contributed by atoms with Gasteiger partial charge in [-0.05, 0) is 32.0 Å². The molecule has 6 nitrogen and oxygen atoms in total. The number of nitrogens with zero attached hydrogens (tertiary/aromatic N) is 2. The Morgan fingerprint density at radius 2 is 2.12 bits per heavy atom. The highest BCUT2D eigenvalue weighted by Gasteiger charge is 2.13. The molecule has 1 unspecified atom stereocenters. The SMILES string of the molecule is CC(SCC(=O)NCCCN1CCNCC1)c1nc2ccccc2[nH]1.Cl. The first kappa shape index (κ1) is 21.0. The minimum atomic E-state index is 0. The molecule has 1 aromatic heterocycles. The van der Waals surface area contributed by atoms with Crippen LogP contribution in [0.4, 0.5) is 0 Å². The fraction of sp³-hybridized carbons (Fsp3) is 0.556. The number of carbonyl (C=O) groups excluding carboxylic acids is 1. The van der Waals surface area contributed by atoms with E-state index in [-0.39, 0.29) is 23.6 Å². The highest BCUT2D eigenvalue weighted by molar-refractivity contribution is 8.00. The van der Waals surface area contributed by atoms with Gasteiger partial charge < -0.3 is 20.5 Å². The van der Waals surface area contributed by atoms with Crippen molar-refractivity contribution in [1.82, 2.24) is 25.5 Å². The first-order chi connectivity index (χ1) is 12.2. The lowest BCUT2D eigenvalue weighted by atomic mass is 10.3. The molecule has 0 saturated carbocycles. The molecule has 1 saturated heterocycles. The van der Waals surface area contributed by atoms with E-state index in [2.05, 4.69) is 32.4 Å². The Balaban J connectivity index is 0.00000243. The van der Waals surface area contributed by atoms with Crippen LogP contribution in [0.2, 0.25) is 0 Å². The van der Waals surface area contributed by atoms with Crippen molar-refractivity contribution in [3.63, 3.8) is 0 Å². The fourth-order valence-electron chi connectivity index (χ4n) is 2.96. The summed E-state index contributed by atoms with van der Waals surface area (Å²) in [4.78, 5) is 22.4.